The quantitative estimate of drug-likeness (QED) is 0.712. The van der Waals surface area contributed by atoms with Crippen molar-refractivity contribution in [2.75, 3.05) is 6.54 Å². The normalized spacial score (nSPS) is 17.1. The van der Waals surface area contributed by atoms with Crippen LogP contribution in [-0.2, 0) is 0 Å². The van der Waals surface area contributed by atoms with Crippen LogP contribution < -0.4 is 5.32 Å². The maximum absolute atomic E-state index is 3.68. The van der Waals surface area contributed by atoms with E-state index >= 15 is 0 Å². The molecular weight excluding hydrogens is 170 g/mol. The Morgan fingerprint density at radius 3 is 1.86 bits per heavy atom. The van der Waals surface area contributed by atoms with E-state index in [9.17, 15) is 0 Å². The molecule has 0 rings (SSSR count). The van der Waals surface area contributed by atoms with Crippen molar-refractivity contribution in [3.8, 4) is 0 Å². The van der Waals surface area contributed by atoms with Crippen LogP contribution in [0, 0.1) is 17.3 Å². The minimum Gasteiger partial charge on any atom is -0.313 e. The van der Waals surface area contributed by atoms with E-state index in [1.807, 2.05) is 0 Å². The van der Waals surface area contributed by atoms with E-state index in [0.29, 0.717) is 17.4 Å². The fourth-order valence-corrected chi connectivity index (χ4v) is 1.84. The first-order valence-electron chi connectivity index (χ1n) is 6.04. The van der Waals surface area contributed by atoms with Crippen molar-refractivity contribution in [1.29, 1.82) is 0 Å². The van der Waals surface area contributed by atoms with E-state index in [-0.39, 0.29) is 0 Å². The molecule has 1 N–H and O–H groups in total. The first-order valence-corrected chi connectivity index (χ1v) is 6.04. The third-order valence-corrected chi connectivity index (χ3v) is 3.25. The Morgan fingerprint density at radius 2 is 1.57 bits per heavy atom. The Bertz CT molecular complexity index is 144. The Labute approximate surface area is 90.7 Å². The van der Waals surface area contributed by atoms with Crippen LogP contribution in [0.25, 0.3) is 0 Å². The first kappa shape index (κ1) is 14.0. The molecular formula is C13H29N. The van der Waals surface area contributed by atoms with Crippen LogP contribution in [-0.4, -0.2) is 12.6 Å². The molecule has 1 heteroatoms. The highest BCUT2D eigenvalue weighted by Gasteiger charge is 2.29. The molecule has 0 aromatic rings. The summed E-state index contributed by atoms with van der Waals surface area (Å²) in [7, 11) is 0. The molecule has 0 fully saturated rings. The molecule has 0 amide bonds. The predicted octanol–water partition coefficient (Wildman–Crippen LogP) is 3.69. The van der Waals surface area contributed by atoms with E-state index in [2.05, 4.69) is 53.8 Å². The van der Waals surface area contributed by atoms with Crippen LogP contribution in [0.1, 0.15) is 54.9 Å². The summed E-state index contributed by atoms with van der Waals surface area (Å²) in [6.07, 6.45) is 1.22. The number of hydrogen-bond acceptors (Lipinski definition) is 1. The van der Waals surface area contributed by atoms with Crippen molar-refractivity contribution in [3.63, 3.8) is 0 Å². The van der Waals surface area contributed by atoms with Crippen LogP contribution in [0.3, 0.4) is 0 Å². The summed E-state index contributed by atoms with van der Waals surface area (Å²) in [6, 6.07) is 0.648. The monoisotopic (exact) mass is 199 g/mol. The van der Waals surface area contributed by atoms with Gasteiger partial charge in [-0.2, -0.15) is 0 Å². The highest BCUT2D eigenvalue weighted by molar-refractivity contribution is 4.83. The molecule has 2 unspecified atom stereocenters. The van der Waals surface area contributed by atoms with E-state index in [4.69, 9.17) is 0 Å². The van der Waals surface area contributed by atoms with Gasteiger partial charge in [-0.25, -0.2) is 0 Å². The lowest BCUT2D eigenvalue weighted by Gasteiger charge is -2.37. The van der Waals surface area contributed by atoms with Crippen molar-refractivity contribution < 1.29 is 0 Å². The van der Waals surface area contributed by atoms with Gasteiger partial charge in [-0.1, -0.05) is 48.5 Å². The minimum absolute atomic E-state index is 0.398. The minimum atomic E-state index is 0.398. The van der Waals surface area contributed by atoms with Gasteiger partial charge in [0.15, 0.2) is 0 Å². The maximum atomic E-state index is 3.68. The zero-order valence-corrected chi connectivity index (χ0v) is 11.1. The average molecular weight is 199 g/mol. The van der Waals surface area contributed by atoms with Gasteiger partial charge in [-0.05, 0) is 30.2 Å². The second-order valence-corrected chi connectivity index (χ2v) is 5.88. The fourth-order valence-electron chi connectivity index (χ4n) is 1.84. The van der Waals surface area contributed by atoms with Gasteiger partial charge < -0.3 is 5.32 Å². The lowest BCUT2D eigenvalue weighted by Crippen LogP contribution is -2.44. The largest absolute Gasteiger partial charge is 0.313 e. The molecule has 0 radical (unpaired) electrons. The second-order valence-electron chi connectivity index (χ2n) is 5.88. The lowest BCUT2D eigenvalue weighted by molar-refractivity contribution is 0.165. The standard InChI is InChI=1S/C13H29N/c1-8-9-14-12(10(2)3)11(4)13(5,6)7/h10-12,14H,8-9H2,1-7H3. The molecule has 0 heterocycles. The molecule has 0 aromatic carbocycles. The van der Waals surface area contributed by atoms with E-state index in [1.54, 1.807) is 0 Å². The Hall–Kier alpha value is -0.0400. The van der Waals surface area contributed by atoms with Gasteiger partial charge in [0, 0.05) is 6.04 Å². The second kappa shape index (κ2) is 5.75. The zero-order chi connectivity index (χ0) is 11.4. The summed E-state index contributed by atoms with van der Waals surface area (Å²) >= 11 is 0. The fraction of sp³-hybridized carbons (Fsp3) is 1.00. The Morgan fingerprint density at radius 1 is 1.07 bits per heavy atom. The third kappa shape index (κ3) is 4.45. The number of nitrogens with one attached hydrogen (secondary N) is 1. The molecule has 1 nitrogen and oxygen atoms in total. The molecule has 86 valence electrons. The summed E-state index contributed by atoms with van der Waals surface area (Å²) < 4.78 is 0. The van der Waals surface area contributed by atoms with Crippen LogP contribution in [0.15, 0.2) is 0 Å². The van der Waals surface area contributed by atoms with Crippen molar-refractivity contribution >= 4 is 0 Å². The van der Waals surface area contributed by atoms with Gasteiger partial charge >= 0.3 is 0 Å². The van der Waals surface area contributed by atoms with E-state index in [0.717, 1.165) is 12.5 Å². The summed E-state index contributed by atoms with van der Waals surface area (Å²) in [5.74, 6) is 1.44. The van der Waals surface area contributed by atoms with Crippen molar-refractivity contribution in [3.05, 3.63) is 0 Å². The van der Waals surface area contributed by atoms with Crippen LogP contribution in [0.4, 0.5) is 0 Å². The average Bonchev–Trinajstić information content (AvgIpc) is 2.02. The SMILES string of the molecule is CCCNC(C(C)C)C(C)C(C)(C)C. The highest BCUT2D eigenvalue weighted by atomic mass is 14.9. The first-order chi connectivity index (χ1) is 6.30. The summed E-state index contributed by atoms with van der Waals surface area (Å²) in [5.41, 5.74) is 0.398. The smallest absolute Gasteiger partial charge is 0.0121 e. The summed E-state index contributed by atoms with van der Waals surface area (Å²) in [4.78, 5) is 0. The van der Waals surface area contributed by atoms with E-state index < -0.39 is 0 Å². The number of hydrogen-bond donors (Lipinski definition) is 1. The zero-order valence-electron chi connectivity index (χ0n) is 11.1. The topological polar surface area (TPSA) is 12.0 Å². The van der Waals surface area contributed by atoms with Crippen molar-refractivity contribution in [2.45, 2.75) is 60.9 Å². The molecule has 0 aromatic heterocycles. The molecule has 0 aliphatic carbocycles. The number of rotatable bonds is 5. The molecule has 0 saturated carbocycles. The Balaban J connectivity index is 4.33. The van der Waals surface area contributed by atoms with Crippen LogP contribution >= 0.6 is 0 Å². The van der Waals surface area contributed by atoms with Crippen molar-refractivity contribution in [2.24, 2.45) is 17.3 Å². The summed E-state index contributed by atoms with van der Waals surface area (Å²) in [6.45, 7) is 17.4. The molecule has 0 spiro atoms. The molecule has 2 atom stereocenters. The van der Waals surface area contributed by atoms with Gasteiger partial charge in [0.05, 0.1) is 0 Å². The van der Waals surface area contributed by atoms with Gasteiger partial charge in [0.1, 0.15) is 0 Å². The van der Waals surface area contributed by atoms with Gasteiger partial charge in [0.25, 0.3) is 0 Å². The van der Waals surface area contributed by atoms with Gasteiger partial charge in [0.2, 0.25) is 0 Å². The van der Waals surface area contributed by atoms with Gasteiger partial charge in [-0.3, -0.25) is 0 Å². The van der Waals surface area contributed by atoms with E-state index in [1.165, 1.54) is 6.42 Å². The molecule has 0 aliphatic rings. The third-order valence-electron chi connectivity index (χ3n) is 3.25. The lowest BCUT2D eigenvalue weighted by atomic mass is 9.74. The molecule has 14 heavy (non-hydrogen) atoms. The molecule has 0 bridgehead atoms. The summed E-state index contributed by atoms with van der Waals surface area (Å²) in [5, 5.41) is 3.68. The van der Waals surface area contributed by atoms with Crippen molar-refractivity contribution in [1.82, 2.24) is 5.32 Å². The molecule has 0 saturated heterocycles. The highest BCUT2D eigenvalue weighted by Crippen LogP contribution is 2.30. The van der Waals surface area contributed by atoms with Crippen LogP contribution in [0.5, 0.6) is 0 Å². The predicted molar refractivity (Wildman–Crippen MR) is 65.5 cm³/mol. The van der Waals surface area contributed by atoms with Gasteiger partial charge in [-0.15, -0.1) is 0 Å². The van der Waals surface area contributed by atoms with Crippen LogP contribution in [0.2, 0.25) is 0 Å². The maximum Gasteiger partial charge on any atom is 0.0121 e. The Kier molecular flexibility index (Phi) is 5.73. The molecule has 0 aliphatic heterocycles.